The average Bonchev–Trinajstić information content (AvgIpc) is 2.49. The molecule has 0 saturated heterocycles. The van der Waals surface area contributed by atoms with Crippen LogP contribution in [0.15, 0.2) is 30.3 Å². The van der Waals surface area contributed by atoms with Gasteiger partial charge in [-0.15, -0.1) is 0 Å². The maximum Gasteiger partial charge on any atom is 0.293 e. The molecule has 2 aromatic carbocycles. The summed E-state index contributed by atoms with van der Waals surface area (Å²) >= 11 is 11.7. The molecule has 0 spiro atoms. The number of aryl methyl sites for hydroxylation is 2. The van der Waals surface area contributed by atoms with Gasteiger partial charge in [0.2, 0.25) is 0 Å². The molecule has 0 aromatic heterocycles. The zero-order valence-corrected chi connectivity index (χ0v) is 14.4. The minimum atomic E-state index is -0.543. The Bertz CT molecular complexity index is 809. The highest BCUT2D eigenvalue weighted by Crippen LogP contribution is 2.29. The lowest BCUT2D eigenvalue weighted by Gasteiger charge is -2.10. The molecule has 2 rings (SSSR count). The molecule has 0 unspecified atom stereocenters. The van der Waals surface area contributed by atoms with Gasteiger partial charge >= 0.3 is 0 Å². The van der Waals surface area contributed by atoms with Crippen molar-refractivity contribution in [2.24, 2.45) is 0 Å². The molecule has 0 aliphatic carbocycles. The van der Waals surface area contributed by atoms with E-state index in [-0.39, 0.29) is 23.0 Å². The lowest BCUT2D eigenvalue weighted by atomic mass is 10.1. The number of nitrogens with one attached hydrogen (secondary N) is 1. The molecule has 1 amide bonds. The highest BCUT2D eigenvalue weighted by Gasteiger charge is 2.18. The number of nitrogens with zero attached hydrogens (tertiary/aromatic N) is 1. The molecule has 0 saturated carbocycles. The van der Waals surface area contributed by atoms with E-state index in [1.54, 1.807) is 26.0 Å². The Kier molecular flexibility index (Phi) is 5.64. The highest BCUT2D eigenvalue weighted by atomic mass is 35.5. The molecule has 0 aliphatic rings. The topological polar surface area (TPSA) is 81.5 Å². The monoisotopic (exact) mass is 368 g/mol. The Morgan fingerprint density at radius 3 is 2.50 bits per heavy atom. The zero-order valence-electron chi connectivity index (χ0n) is 12.9. The second kappa shape index (κ2) is 7.51. The standard InChI is InChI=1S/C16H14Cl2N2O4/c1-9-5-13(14(20(22)23)6-10(9)2)19-16(21)8-24-15-4-3-11(17)7-12(15)18/h3-7H,8H2,1-2H3,(H,19,21). The maximum atomic E-state index is 12.0. The van der Waals surface area contributed by atoms with Crippen molar-refractivity contribution < 1.29 is 14.5 Å². The molecule has 0 heterocycles. The van der Waals surface area contributed by atoms with Gasteiger partial charge in [-0.2, -0.15) is 0 Å². The summed E-state index contributed by atoms with van der Waals surface area (Å²) in [6.07, 6.45) is 0. The van der Waals surface area contributed by atoms with E-state index >= 15 is 0 Å². The fourth-order valence-electron chi connectivity index (χ4n) is 1.97. The molecular formula is C16H14Cl2N2O4. The second-order valence-corrected chi connectivity index (χ2v) is 5.97. The van der Waals surface area contributed by atoms with E-state index in [2.05, 4.69) is 5.32 Å². The number of carbonyl (C=O) groups excluding carboxylic acids is 1. The Hall–Kier alpha value is -2.31. The lowest BCUT2D eigenvalue weighted by molar-refractivity contribution is -0.384. The van der Waals surface area contributed by atoms with Crippen molar-refractivity contribution >= 4 is 40.5 Å². The second-order valence-electron chi connectivity index (χ2n) is 5.12. The van der Waals surface area contributed by atoms with Crippen molar-refractivity contribution in [3.63, 3.8) is 0 Å². The Balaban J connectivity index is 2.10. The van der Waals surface area contributed by atoms with Crippen molar-refractivity contribution in [3.8, 4) is 5.75 Å². The molecule has 0 atom stereocenters. The zero-order chi connectivity index (χ0) is 17.9. The smallest absolute Gasteiger partial charge is 0.293 e. The van der Waals surface area contributed by atoms with Crippen molar-refractivity contribution in [1.29, 1.82) is 0 Å². The third-order valence-corrected chi connectivity index (χ3v) is 3.87. The number of rotatable bonds is 5. The van der Waals surface area contributed by atoms with Crippen LogP contribution in [0, 0.1) is 24.0 Å². The minimum absolute atomic E-state index is 0.124. The summed E-state index contributed by atoms with van der Waals surface area (Å²) in [7, 11) is 0. The molecule has 8 heteroatoms. The molecular weight excluding hydrogens is 355 g/mol. The molecule has 0 bridgehead atoms. The predicted molar refractivity (Wildman–Crippen MR) is 93.2 cm³/mol. The summed E-state index contributed by atoms with van der Waals surface area (Å²) in [6.45, 7) is 3.23. The van der Waals surface area contributed by atoms with Gasteiger partial charge in [0.25, 0.3) is 11.6 Å². The normalized spacial score (nSPS) is 10.3. The fourth-order valence-corrected chi connectivity index (χ4v) is 2.44. The van der Waals surface area contributed by atoms with E-state index in [9.17, 15) is 14.9 Å². The maximum absolute atomic E-state index is 12.0. The summed E-state index contributed by atoms with van der Waals surface area (Å²) in [5.74, 6) is -0.238. The Morgan fingerprint density at radius 1 is 1.21 bits per heavy atom. The van der Waals surface area contributed by atoms with Gasteiger partial charge in [0.05, 0.1) is 9.95 Å². The van der Waals surface area contributed by atoms with Crippen LogP contribution in [-0.4, -0.2) is 17.4 Å². The van der Waals surface area contributed by atoms with E-state index in [1.807, 2.05) is 0 Å². The quantitative estimate of drug-likeness (QED) is 0.620. The van der Waals surface area contributed by atoms with Crippen molar-refractivity contribution in [3.05, 3.63) is 61.6 Å². The van der Waals surface area contributed by atoms with E-state index in [0.717, 1.165) is 11.1 Å². The first-order valence-corrected chi connectivity index (χ1v) is 7.67. The number of ether oxygens (including phenoxy) is 1. The average molecular weight is 369 g/mol. The third kappa shape index (κ3) is 4.37. The van der Waals surface area contributed by atoms with Gasteiger partial charge in [0, 0.05) is 11.1 Å². The molecule has 6 nitrogen and oxygen atoms in total. The van der Waals surface area contributed by atoms with Gasteiger partial charge in [0.1, 0.15) is 11.4 Å². The summed E-state index contributed by atoms with van der Waals surface area (Å²) in [4.78, 5) is 22.6. The summed E-state index contributed by atoms with van der Waals surface area (Å²) in [5, 5.41) is 14.3. The van der Waals surface area contributed by atoms with Gasteiger partial charge < -0.3 is 10.1 Å². The van der Waals surface area contributed by atoms with Crippen LogP contribution >= 0.6 is 23.2 Å². The van der Waals surface area contributed by atoms with Gasteiger partial charge in [-0.25, -0.2) is 0 Å². The SMILES string of the molecule is Cc1cc(NC(=O)COc2ccc(Cl)cc2Cl)c([N+](=O)[O-])cc1C. The van der Waals surface area contributed by atoms with Crippen LogP contribution < -0.4 is 10.1 Å². The number of nitro benzene ring substituents is 1. The molecule has 0 aliphatic heterocycles. The Labute approximate surface area is 148 Å². The Morgan fingerprint density at radius 2 is 1.88 bits per heavy atom. The van der Waals surface area contributed by atoms with E-state index in [0.29, 0.717) is 10.8 Å². The number of hydrogen-bond donors (Lipinski definition) is 1. The molecule has 1 N–H and O–H groups in total. The molecule has 2 aromatic rings. The largest absolute Gasteiger partial charge is 0.482 e. The number of nitro groups is 1. The highest BCUT2D eigenvalue weighted by molar-refractivity contribution is 6.35. The first kappa shape index (κ1) is 18.0. The number of benzene rings is 2. The van der Waals surface area contributed by atoms with E-state index in [1.165, 1.54) is 18.2 Å². The lowest BCUT2D eigenvalue weighted by Crippen LogP contribution is -2.21. The van der Waals surface area contributed by atoms with Crippen LogP contribution in [-0.2, 0) is 4.79 Å². The number of carbonyl (C=O) groups is 1. The number of amides is 1. The molecule has 126 valence electrons. The fraction of sp³-hybridized carbons (Fsp3) is 0.188. The predicted octanol–water partition coefficient (Wildman–Crippen LogP) is 4.54. The molecule has 0 radical (unpaired) electrons. The van der Waals surface area contributed by atoms with Gasteiger partial charge in [0.15, 0.2) is 6.61 Å². The number of halogens is 2. The first-order valence-electron chi connectivity index (χ1n) is 6.91. The summed E-state index contributed by atoms with van der Waals surface area (Å²) in [5.41, 5.74) is 1.55. The van der Waals surface area contributed by atoms with E-state index in [4.69, 9.17) is 27.9 Å². The van der Waals surface area contributed by atoms with Crippen molar-refractivity contribution in [1.82, 2.24) is 0 Å². The van der Waals surface area contributed by atoms with E-state index < -0.39 is 10.8 Å². The van der Waals surface area contributed by atoms with Crippen molar-refractivity contribution in [2.75, 3.05) is 11.9 Å². The molecule has 0 fully saturated rings. The van der Waals surface area contributed by atoms with Crippen LogP contribution in [0.5, 0.6) is 5.75 Å². The van der Waals surface area contributed by atoms with Crippen LogP contribution in [0.1, 0.15) is 11.1 Å². The van der Waals surface area contributed by atoms with Gasteiger partial charge in [-0.1, -0.05) is 23.2 Å². The van der Waals surface area contributed by atoms with Crippen LogP contribution in [0.25, 0.3) is 0 Å². The van der Waals surface area contributed by atoms with Crippen LogP contribution in [0.2, 0.25) is 10.0 Å². The number of hydrogen-bond acceptors (Lipinski definition) is 4. The van der Waals surface area contributed by atoms with Crippen LogP contribution in [0.4, 0.5) is 11.4 Å². The van der Waals surface area contributed by atoms with Crippen LogP contribution in [0.3, 0.4) is 0 Å². The van der Waals surface area contributed by atoms with Gasteiger partial charge in [-0.3, -0.25) is 14.9 Å². The first-order chi connectivity index (χ1) is 11.3. The summed E-state index contributed by atoms with van der Waals surface area (Å²) in [6, 6.07) is 7.58. The third-order valence-electron chi connectivity index (χ3n) is 3.34. The number of anilines is 1. The van der Waals surface area contributed by atoms with Crippen molar-refractivity contribution in [2.45, 2.75) is 13.8 Å². The van der Waals surface area contributed by atoms with Gasteiger partial charge in [-0.05, 0) is 49.2 Å². The summed E-state index contributed by atoms with van der Waals surface area (Å²) < 4.78 is 5.31. The minimum Gasteiger partial charge on any atom is -0.482 e. The molecule has 24 heavy (non-hydrogen) atoms.